The fourth-order valence-electron chi connectivity index (χ4n) is 2.03. The molecule has 0 aliphatic rings. The number of para-hydroxylation sites is 1. The first-order chi connectivity index (χ1) is 9.83. The molecule has 20 heavy (non-hydrogen) atoms. The molecule has 106 valence electrons. The summed E-state index contributed by atoms with van der Waals surface area (Å²) < 4.78 is 0. The molecule has 0 radical (unpaired) electrons. The van der Waals surface area contributed by atoms with Gasteiger partial charge in [0.2, 0.25) is 5.95 Å². The molecule has 0 bridgehead atoms. The van der Waals surface area contributed by atoms with Crippen LogP contribution in [-0.2, 0) is 0 Å². The Kier molecular flexibility index (Phi) is 5.29. The number of nitrogens with one attached hydrogen (secondary N) is 1. The lowest BCUT2D eigenvalue weighted by Gasteiger charge is -2.22. The molecule has 0 fully saturated rings. The number of anilines is 3. The van der Waals surface area contributed by atoms with Gasteiger partial charge in [0.1, 0.15) is 0 Å². The number of rotatable bonds is 7. The van der Waals surface area contributed by atoms with E-state index < -0.39 is 0 Å². The van der Waals surface area contributed by atoms with Gasteiger partial charge in [0.05, 0.1) is 6.20 Å². The summed E-state index contributed by atoms with van der Waals surface area (Å²) in [6.45, 7) is 6.30. The van der Waals surface area contributed by atoms with Crippen LogP contribution < -0.4 is 10.2 Å². The highest BCUT2D eigenvalue weighted by Gasteiger charge is 2.08. The molecule has 0 spiro atoms. The zero-order valence-electron chi connectivity index (χ0n) is 12.1. The summed E-state index contributed by atoms with van der Waals surface area (Å²) in [6.07, 6.45) is 3.90. The first-order valence-electron chi connectivity index (χ1n) is 7.10. The van der Waals surface area contributed by atoms with E-state index in [0.29, 0.717) is 5.95 Å². The van der Waals surface area contributed by atoms with Crippen LogP contribution in [0.4, 0.5) is 17.5 Å². The zero-order chi connectivity index (χ0) is 14.2. The predicted molar refractivity (Wildman–Crippen MR) is 82.3 cm³/mol. The van der Waals surface area contributed by atoms with Crippen molar-refractivity contribution < 1.29 is 0 Å². The molecule has 0 aliphatic carbocycles. The molecule has 1 heterocycles. The van der Waals surface area contributed by atoms with Crippen molar-refractivity contribution in [1.29, 1.82) is 0 Å². The van der Waals surface area contributed by atoms with Crippen LogP contribution in [0.2, 0.25) is 0 Å². The molecule has 0 saturated heterocycles. The molecule has 2 rings (SSSR count). The van der Waals surface area contributed by atoms with Gasteiger partial charge >= 0.3 is 0 Å². The van der Waals surface area contributed by atoms with Crippen LogP contribution in [-0.4, -0.2) is 28.3 Å². The molecule has 5 nitrogen and oxygen atoms in total. The minimum atomic E-state index is 0.533. The Morgan fingerprint density at radius 2 is 1.75 bits per heavy atom. The number of aromatic nitrogens is 3. The van der Waals surface area contributed by atoms with Crippen molar-refractivity contribution in [3.8, 4) is 0 Å². The van der Waals surface area contributed by atoms with Gasteiger partial charge in [-0.3, -0.25) is 0 Å². The Balaban J connectivity index is 2.14. The highest BCUT2D eigenvalue weighted by atomic mass is 15.3. The first-order valence-corrected chi connectivity index (χ1v) is 7.10. The third-order valence-corrected chi connectivity index (χ3v) is 2.89. The fraction of sp³-hybridized carbons (Fsp3) is 0.400. The normalized spacial score (nSPS) is 10.3. The van der Waals surface area contributed by atoms with Gasteiger partial charge in [-0.1, -0.05) is 32.0 Å². The molecule has 5 heteroatoms. The average molecular weight is 271 g/mol. The first kappa shape index (κ1) is 14.2. The quantitative estimate of drug-likeness (QED) is 0.837. The minimum Gasteiger partial charge on any atom is -0.355 e. The van der Waals surface area contributed by atoms with Gasteiger partial charge in [0.25, 0.3) is 0 Å². The van der Waals surface area contributed by atoms with Crippen LogP contribution in [0.1, 0.15) is 26.7 Å². The third-order valence-electron chi connectivity index (χ3n) is 2.89. The van der Waals surface area contributed by atoms with Crippen LogP contribution in [0.15, 0.2) is 36.5 Å². The van der Waals surface area contributed by atoms with E-state index in [2.05, 4.69) is 39.2 Å². The summed E-state index contributed by atoms with van der Waals surface area (Å²) >= 11 is 0. The summed E-state index contributed by atoms with van der Waals surface area (Å²) in [7, 11) is 0. The molecule has 0 unspecified atom stereocenters. The van der Waals surface area contributed by atoms with Crippen molar-refractivity contribution in [1.82, 2.24) is 15.2 Å². The topological polar surface area (TPSA) is 53.9 Å². The van der Waals surface area contributed by atoms with Gasteiger partial charge in [0.15, 0.2) is 5.82 Å². The smallest absolute Gasteiger partial charge is 0.249 e. The fourth-order valence-corrected chi connectivity index (χ4v) is 2.03. The Morgan fingerprint density at radius 3 is 2.40 bits per heavy atom. The maximum absolute atomic E-state index is 4.55. The van der Waals surface area contributed by atoms with Gasteiger partial charge in [0, 0.05) is 18.8 Å². The van der Waals surface area contributed by atoms with Crippen LogP contribution >= 0.6 is 0 Å². The van der Waals surface area contributed by atoms with Gasteiger partial charge in [-0.05, 0) is 25.0 Å². The second-order valence-electron chi connectivity index (χ2n) is 4.62. The van der Waals surface area contributed by atoms with Crippen LogP contribution in [0.3, 0.4) is 0 Å². The second-order valence-corrected chi connectivity index (χ2v) is 4.62. The third kappa shape index (κ3) is 3.91. The van der Waals surface area contributed by atoms with Crippen molar-refractivity contribution in [2.75, 3.05) is 23.3 Å². The number of hydrogen-bond acceptors (Lipinski definition) is 5. The van der Waals surface area contributed by atoms with Crippen molar-refractivity contribution in [3.63, 3.8) is 0 Å². The molecule has 0 saturated carbocycles. The maximum atomic E-state index is 4.55. The Morgan fingerprint density at radius 1 is 1.05 bits per heavy atom. The maximum Gasteiger partial charge on any atom is 0.249 e. The number of hydrogen-bond donors (Lipinski definition) is 1. The van der Waals surface area contributed by atoms with E-state index in [1.165, 1.54) is 0 Å². The van der Waals surface area contributed by atoms with E-state index in [1.54, 1.807) is 6.20 Å². The van der Waals surface area contributed by atoms with E-state index in [9.17, 15) is 0 Å². The van der Waals surface area contributed by atoms with E-state index in [-0.39, 0.29) is 0 Å². The Labute approximate surface area is 120 Å². The molecule has 0 amide bonds. The molecule has 2 aromatic rings. The van der Waals surface area contributed by atoms with Gasteiger partial charge in [-0.2, -0.15) is 10.1 Å². The minimum absolute atomic E-state index is 0.533. The summed E-state index contributed by atoms with van der Waals surface area (Å²) in [5.74, 6) is 1.41. The molecule has 1 N–H and O–H groups in total. The molecule has 0 aliphatic heterocycles. The van der Waals surface area contributed by atoms with E-state index in [4.69, 9.17) is 0 Å². The summed E-state index contributed by atoms with van der Waals surface area (Å²) in [6, 6.07) is 9.88. The monoisotopic (exact) mass is 271 g/mol. The summed E-state index contributed by atoms with van der Waals surface area (Å²) in [5, 5.41) is 11.3. The largest absolute Gasteiger partial charge is 0.355 e. The summed E-state index contributed by atoms with van der Waals surface area (Å²) in [5.41, 5.74) is 0.962. The molecular weight excluding hydrogens is 250 g/mol. The lowest BCUT2D eigenvalue weighted by Crippen LogP contribution is -2.26. The van der Waals surface area contributed by atoms with Crippen molar-refractivity contribution in [2.45, 2.75) is 26.7 Å². The zero-order valence-corrected chi connectivity index (χ0v) is 12.1. The molecular formula is C15H21N5. The van der Waals surface area contributed by atoms with E-state index in [0.717, 1.165) is 37.4 Å². The highest BCUT2D eigenvalue weighted by molar-refractivity contribution is 5.53. The van der Waals surface area contributed by atoms with E-state index in [1.807, 2.05) is 30.3 Å². The molecule has 1 aromatic heterocycles. The van der Waals surface area contributed by atoms with Crippen molar-refractivity contribution >= 4 is 17.5 Å². The van der Waals surface area contributed by atoms with Crippen LogP contribution in [0, 0.1) is 0 Å². The lowest BCUT2D eigenvalue weighted by atomic mass is 10.3. The second kappa shape index (κ2) is 7.43. The average Bonchev–Trinajstić information content (AvgIpc) is 2.48. The number of benzene rings is 1. The van der Waals surface area contributed by atoms with Crippen LogP contribution in [0.5, 0.6) is 0 Å². The Hall–Kier alpha value is -2.17. The highest BCUT2D eigenvalue weighted by Crippen LogP contribution is 2.15. The SMILES string of the molecule is CCCN(CCC)c1cnnc(Nc2ccccc2)n1. The molecule has 1 aromatic carbocycles. The Bertz CT molecular complexity index is 509. The summed E-state index contributed by atoms with van der Waals surface area (Å²) in [4.78, 5) is 6.79. The molecule has 0 atom stereocenters. The van der Waals surface area contributed by atoms with Crippen molar-refractivity contribution in [3.05, 3.63) is 36.5 Å². The standard InChI is InChI=1S/C15H21N5/c1-3-10-20(11-4-2)14-12-16-19-15(18-14)17-13-8-6-5-7-9-13/h5-9,12H,3-4,10-11H2,1-2H3,(H,17,18,19). The van der Waals surface area contributed by atoms with Gasteiger partial charge in [-0.25, -0.2) is 0 Å². The predicted octanol–water partition coefficient (Wildman–Crippen LogP) is 3.24. The van der Waals surface area contributed by atoms with Crippen molar-refractivity contribution in [2.24, 2.45) is 0 Å². The lowest BCUT2D eigenvalue weighted by molar-refractivity contribution is 0.728. The van der Waals surface area contributed by atoms with E-state index >= 15 is 0 Å². The van der Waals surface area contributed by atoms with Gasteiger partial charge in [-0.15, -0.1) is 5.10 Å². The van der Waals surface area contributed by atoms with Gasteiger partial charge < -0.3 is 10.2 Å². The van der Waals surface area contributed by atoms with Crippen LogP contribution in [0.25, 0.3) is 0 Å². The number of nitrogens with zero attached hydrogens (tertiary/aromatic N) is 4.